The molecule has 6 nitrogen and oxygen atoms in total. The van der Waals surface area contributed by atoms with Crippen LogP contribution in [-0.2, 0) is 4.79 Å². The Morgan fingerprint density at radius 2 is 1.89 bits per heavy atom. The topological polar surface area (TPSA) is 89.9 Å². The maximum absolute atomic E-state index is 12.0. The highest BCUT2D eigenvalue weighted by Crippen LogP contribution is 2.22. The van der Waals surface area contributed by atoms with Gasteiger partial charge in [0.2, 0.25) is 0 Å². The van der Waals surface area contributed by atoms with Gasteiger partial charge in [-0.05, 0) is 33.1 Å². The lowest BCUT2D eigenvalue weighted by atomic mass is 9.98. The van der Waals surface area contributed by atoms with Crippen molar-refractivity contribution < 1.29 is 19.8 Å². The van der Waals surface area contributed by atoms with E-state index in [2.05, 4.69) is 5.32 Å². The van der Waals surface area contributed by atoms with Crippen LogP contribution in [0.1, 0.15) is 39.5 Å². The standard InChI is InChI=1S/C12H22N2O4/c1-8-4-3-5-9(2)14(8)12(18)13-7-6-10(15)11(16)17/h8-10,15H,3-7H2,1-2H3,(H,13,18)(H,16,17)/t8-,9+,10?. The fourth-order valence-electron chi connectivity index (χ4n) is 2.35. The molecule has 104 valence electrons. The van der Waals surface area contributed by atoms with Crippen LogP contribution in [0.25, 0.3) is 0 Å². The van der Waals surface area contributed by atoms with Gasteiger partial charge >= 0.3 is 12.0 Å². The van der Waals surface area contributed by atoms with E-state index in [0.717, 1.165) is 19.3 Å². The number of hydrogen-bond acceptors (Lipinski definition) is 3. The molecular formula is C12H22N2O4. The molecule has 1 aliphatic rings. The normalized spacial score (nSPS) is 25.6. The smallest absolute Gasteiger partial charge is 0.332 e. The monoisotopic (exact) mass is 258 g/mol. The molecule has 1 saturated heterocycles. The molecule has 1 heterocycles. The number of piperidine rings is 1. The molecule has 1 aliphatic heterocycles. The highest BCUT2D eigenvalue weighted by Gasteiger charge is 2.28. The first-order valence-electron chi connectivity index (χ1n) is 6.40. The van der Waals surface area contributed by atoms with Crippen LogP contribution in [0.4, 0.5) is 4.79 Å². The molecule has 2 amide bonds. The summed E-state index contributed by atoms with van der Waals surface area (Å²) in [6.07, 6.45) is 1.73. The van der Waals surface area contributed by atoms with Crippen molar-refractivity contribution >= 4 is 12.0 Å². The van der Waals surface area contributed by atoms with Crippen molar-refractivity contribution in [1.29, 1.82) is 0 Å². The quantitative estimate of drug-likeness (QED) is 0.695. The van der Waals surface area contributed by atoms with Crippen LogP contribution < -0.4 is 5.32 Å². The van der Waals surface area contributed by atoms with Gasteiger partial charge in [0.05, 0.1) is 0 Å². The SMILES string of the molecule is C[C@@H]1CCC[C@H](C)N1C(=O)NCCC(O)C(=O)O. The molecule has 0 radical (unpaired) electrons. The van der Waals surface area contributed by atoms with Crippen LogP contribution in [0.2, 0.25) is 0 Å². The van der Waals surface area contributed by atoms with Crippen molar-refractivity contribution in [3.05, 3.63) is 0 Å². The molecule has 0 aromatic rings. The van der Waals surface area contributed by atoms with Crippen molar-refractivity contribution in [2.45, 2.75) is 57.7 Å². The molecule has 0 spiro atoms. The van der Waals surface area contributed by atoms with Gasteiger partial charge in [0.1, 0.15) is 0 Å². The minimum absolute atomic E-state index is 0.0255. The number of aliphatic hydroxyl groups excluding tert-OH is 1. The Balaban J connectivity index is 2.37. The first-order chi connectivity index (χ1) is 8.43. The number of amides is 2. The van der Waals surface area contributed by atoms with Crippen LogP contribution >= 0.6 is 0 Å². The van der Waals surface area contributed by atoms with Gasteiger partial charge in [0.25, 0.3) is 0 Å². The van der Waals surface area contributed by atoms with E-state index in [1.807, 2.05) is 13.8 Å². The molecule has 0 aromatic carbocycles. The number of carboxylic acids is 1. The van der Waals surface area contributed by atoms with E-state index in [1.54, 1.807) is 4.90 Å². The Kier molecular flexibility index (Phi) is 5.40. The molecule has 3 N–H and O–H groups in total. The first-order valence-corrected chi connectivity index (χ1v) is 6.40. The predicted octanol–water partition coefficient (Wildman–Crippen LogP) is 0.794. The summed E-state index contributed by atoms with van der Waals surface area (Å²) in [4.78, 5) is 24.2. The van der Waals surface area contributed by atoms with E-state index in [1.165, 1.54) is 0 Å². The Morgan fingerprint density at radius 1 is 1.33 bits per heavy atom. The number of carbonyl (C=O) groups is 2. The number of rotatable bonds is 4. The van der Waals surface area contributed by atoms with Crippen LogP contribution in [0.3, 0.4) is 0 Å². The molecular weight excluding hydrogens is 236 g/mol. The molecule has 0 aliphatic carbocycles. The summed E-state index contributed by atoms with van der Waals surface area (Å²) < 4.78 is 0. The van der Waals surface area contributed by atoms with Crippen molar-refractivity contribution in [2.75, 3.05) is 6.54 Å². The molecule has 1 rings (SSSR count). The van der Waals surface area contributed by atoms with Crippen LogP contribution in [-0.4, -0.2) is 51.8 Å². The maximum Gasteiger partial charge on any atom is 0.332 e. The van der Waals surface area contributed by atoms with Gasteiger partial charge in [-0.1, -0.05) is 0 Å². The van der Waals surface area contributed by atoms with Crippen molar-refractivity contribution in [3.8, 4) is 0 Å². The number of carboxylic acid groups (broad SMARTS) is 1. The summed E-state index contributed by atoms with van der Waals surface area (Å²) in [7, 11) is 0. The van der Waals surface area contributed by atoms with Gasteiger partial charge in [-0.25, -0.2) is 9.59 Å². The second kappa shape index (κ2) is 6.58. The summed E-state index contributed by atoms with van der Waals surface area (Å²) in [6.45, 7) is 4.20. The third-order valence-corrected chi connectivity index (χ3v) is 3.41. The van der Waals surface area contributed by atoms with E-state index < -0.39 is 12.1 Å². The lowest BCUT2D eigenvalue weighted by Gasteiger charge is -2.38. The number of likely N-dealkylation sites (tertiary alicyclic amines) is 1. The molecule has 0 bridgehead atoms. The van der Waals surface area contributed by atoms with E-state index in [9.17, 15) is 9.59 Å². The van der Waals surface area contributed by atoms with Gasteiger partial charge < -0.3 is 20.4 Å². The van der Waals surface area contributed by atoms with Crippen molar-refractivity contribution in [1.82, 2.24) is 10.2 Å². The molecule has 0 saturated carbocycles. The molecule has 1 fully saturated rings. The number of aliphatic hydroxyl groups is 1. The molecule has 1 unspecified atom stereocenters. The van der Waals surface area contributed by atoms with E-state index in [-0.39, 0.29) is 31.1 Å². The largest absolute Gasteiger partial charge is 0.479 e. The Morgan fingerprint density at radius 3 is 2.39 bits per heavy atom. The average molecular weight is 258 g/mol. The zero-order valence-electron chi connectivity index (χ0n) is 10.9. The van der Waals surface area contributed by atoms with Crippen LogP contribution in [0, 0.1) is 0 Å². The average Bonchev–Trinajstić information content (AvgIpc) is 2.28. The van der Waals surface area contributed by atoms with Crippen LogP contribution in [0.5, 0.6) is 0 Å². The Bertz CT molecular complexity index is 298. The summed E-state index contributed by atoms with van der Waals surface area (Å²) in [5, 5.41) is 20.3. The number of nitrogens with zero attached hydrogens (tertiary/aromatic N) is 1. The van der Waals surface area contributed by atoms with Gasteiger partial charge in [-0.2, -0.15) is 0 Å². The minimum atomic E-state index is -1.42. The zero-order valence-corrected chi connectivity index (χ0v) is 10.9. The number of aliphatic carboxylic acids is 1. The second-order valence-corrected chi connectivity index (χ2v) is 4.91. The fourth-order valence-corrected chi connectivity index (χ4v) is 2.35. The van der Waals surface area contributed by atoms with E-state index in [0.29, 0.717) is 0 Å². The molecule has 0 aromatic heterocycles. The van der Waals surface area contributed by atoms with Crippen molar-refractivity contribution in [3.63, 3.8) is 0 Å². The number of nitrogens with one attached hydrogen (secondary N) is 1. The van der Waals surface area contributed by atoms with Crippen LogP contribution in [0.15, 0.2) is 0 Å². The number of hydrogen-bond donors (Lipinski definition) is 3. The molecule has 18 heavy (non-hydrogen) atoms. The van der Waals surface area contributed by atoms with Gasteiger partial charge in [-0.3, -0.25) is 0 Å². The summed E-state index contributed by atoms with van der Waals surface area (Å²) in [5.41, 5.74) is 0. The second-order valence-electron chi connectivity index (χ2n) is 4.91. The molecule has 3 atom stereocenters. The first kappa shape index (κ1) is 14.8. The third kappa shape index (κ3) is 3.87. The maximum atomic E-state index is 12.0. The highest BCUT2D eigenvalue weighted by atomic mass is 16.4. The highest BCUT2D eigenvalue weighted by molar-refractivity contribution is 5.75. The number of carbonyl (C=O) groups excluding carboxylic acids is 1. The van der Waals surface area contributed by atoms with Gasteiger partial charge in [-0.15, -0.1) is 0 Å². The van der Waals surface area contributed by atoms with E-state index in [4.69, 9.17) is 10.2 Å². The Labute approximate surface area is 107 Å². The predicted molar refractivity (Wildman–Crippen MR) is 66.3 cm³/mol. The minimum Gasteiger partial charge on any atom is -0.479 e. The fraction of sp³-hybridized carbons (Fsp3) is 0.833. The third-order valence-electron chi connectivity index (χ3n) is 3.41. The number of urea groups is 1. The van der Waals surface area contributed by atoms with E-state index >= 15 is 0 Å². The summed E-state index contributed by atoms with van der Waals surface area (Å²) in [6, 6.07) is 0.239. The van der Waals surface area contributed by atoms with Gasteiger partial charge in [0, 0.05) is 25.0 Å². The summed E-state index contributed by atoms with van der Waals surface area (Å²) >= 11 is 0. The van der Waals surface area contributed by atoms with Crippen molar-refractivity contribution in [2.24, 2.45) is 0 Å². The summed E-state index contributed by atoms with van der Waals surface area (Å²) in [5.74, 6) is -1.26. The lowest BCUT2D eigenvalue weighted by molar-refractivity contribution is -0.146. The van der Waals surface area contributed by atoms with Gasteiger partial charge in [0.15, 0.2) is 6.10 Å². The lowest BCUT2D eigenvalue weighted by Crippen LogP contribution is -2.52. The Hall–Kier alpha value is -1.30. The zero-order chi connectivity index (χ0) is 13.7. The molecule has 6 heteroatoms.